The van der Waals surface area contributed by atoms with Crippen molar-refractivity contribution in [3.05, 3.63) is 154 Å². The number of aryl methyl sites for hydroxylation is 4. The monoisotopic (exact) mass is 846 g/mol. The predicted molar refractivity (Wildman–Crippen MR) is 256 cm³/mol. The average molecular weight is 847 g/mol. The number of aliphatic imine (C=N–C) groups is 1. The number of benzene rings is 4. The van der Waals surface area contributed by atoms with E-state index in [4.69, 9.17) is 4.99 Å². The zero-order chi connectivity index (χ0) is 42.6. The summed E-state index contributed by atoms with van der Waals surface area (Å²) in [5.74, 6) is 3.82. The lowest BCUT2D eigenvalue weighted by atomic mass is 9.92. The van der Waals surface area contributed by atoms with Crippen molar-refractivity contribution in [3.8, 4) is 10.8 Å². The number of aromatic hydroxyl groups is 1. The molecule has 3 fully saturated rings. The Kier molecular flexibility index (Phi) is 12.9. The number of phenolic OH excluding ortho intramolecular Hbond substituents is 1. The van der Waals surface area contributed by atoms with Gasteiger partial charge in [0, 0.05) is 105 Å². The summed E-state index contributed by atoms with van der Waals surface area (Å²) < 4.78 is 2.21. The molecule has 2 aromatic heterocycles. The van der Waals surface area contributed by atoms with Crippen molar-refractivity contribution < 1.29 is 5.11 Å². The van der Waals surface area contributed by atoms with E-state index in [-0.39, 0.29) is 6.04 Å². The zero-order valence-electron chi connectivity index (χ0n) is 37.0. The third-order valence-electron chi connectivity index (χ3n) is 13.4. The summed E-state index contributed by atoms with van der Waals surface area (Å²) in [4.78, 5) is 17.0. The lowest BCUT2D eigenvalue weighted by Crippen LogP contribution is -2.57. The van der Waals surface area contributed by atoms with E-state index in [2.05, 4.69) is 110 Å². The second kappa shape index (κ2) is 19.0. The molecule has 6 aromatic rings. The molecular formula is C52H62N8OS. The maximum atomic E-state index is 9.19. The van der Waals surface area contributed by atoms with E-state index in [1.54, 1.807) is 6.07 Å². The minimum absolute atomic E-state index is 0.0543. The molecule has 5 aliphatic rings. The molecule has 3 saturated heterocycles. The fourth-order valence-corrected chi connectivity index (χ4v) is 10.9. The molecule has 11 rings (SSSR count). The summed E-state index contributed by atoms with van der Waals surface area (Å²) >= 11 is 1.82. The molecule has 6 heterocycles. The van der Waals surface area contributed by atoms with Crippen LogP contribution in [0.3, 0.4) is 0 Å². The first-order valence-electron chi connectivity index (χ1n) is 22.8. The van der Waals surface area contributed by atoms with Gasteiger partial charge in [-0.25, -0.2) is 0 Å². The number of hydrogen-bond donors (Lipinski definition) is 1. The number of thiophene rings is 1. The molecule has 0 bridgehead atoms. The summed E-state index contributed by atoms with van der Waals surface area (Å²) in [7, 11) is 0. The number of piperazine rings is 1. The number of nitrogens with zero attached hydrogens (tertiary/aromatic N) is 8. The molecular weight excluding hydrogens is 785 g/mol. The minimum atomic E-state index is -0.0543. The average Bonchev–Trinajstić information content (AvgIpc) is 3.77. The number of para-hydroxylation sites is 1. The van der Waals surface area contributed by atoms with Gasteiger partial charge in [-0.15, -0.1) is 21.5 Å². The van der Waals surface area contributed by atoms with E-state index in [1.165, 1.54) is 121 Å². The third kappa shape index (κ3) is 9.38. The highest BCUT2D eigenvalue weighted by molar-refractivity contribution is 7.15. The summed E-state index contributed by atoms with van der Waals surface area (Å²) in [6.07, 6.45) is 4.91. The highest BCUT2D eigenvalue weighted by Crippen LogP contribution is 2.39. The van der Waals surface area contributed by atoms with E-state index in [0.717, 1.165) is 48.7 Å². The number of hydrogen-bond acceptors (Lipinski definition) is 9. The van der Waals surface area contributed by atoms with Crippen LogP contribution in [0.15, 0.2) is 114 Å². The molecule has 62 heavy (non-hydrogen) atoms. The number of anilines is 2. The quantitative estimate of drug-likeness (QED) is 0.172. The number of rotatable bonds is 7. The van der Waals surface area contributed by atoms with Gasteiger partial charge in [-0.05, 0) is 106 Å². The second-order valence-electron chi connectivity index (χ2n) is 17.9. The van der Waals surface area contributed by atoms with Crippen LogP contribution in [0.1, 0.15) is 70.2 Å². The first kappa shape index (κ1) is 42.0. The summed E-state index contributed by atoms with van der Waals surface area (Å²) in [5.41, 5.74) is 10.2. The van der Waals surface area contributed by atoms with Gasteiger partial charge in [-0.3, -0.25) is 9.56 Å². The van der Waals surface area contributed by atoms with Crippen molar-refractivity contribution in [1.82, 2.24) is 24.6 Å². The number of fused-ring (bicyclic) bond motifs is 4. The Morgan fingerprint density at radius 1 is 0.645 bits per heavy atom. The highest BCUT2D eigenvalue weighted by Gasteiger charge is 2.33. The Hall–Kier alpha value is -5.29. The molecule has 0 amide bonds. The molecule has 0 saturated carbocycles. The zero-order valence-corrected chi connectivity index (χ0v) is 37.8. The van der Waals surface area contributed by atoms with E-state index < -0.39 is 0 Å². The number of aromatic nitrogens is 3. The Morgan fingerprint density at radius 3 is 1.79 bits per heavy atom. The molecule has 1 N–H and O–H groups in total. The molecule has 4 aromatic carbocycles. The molecule has 10 heteroatoms. The molecule has 0 radical (unpaired) electrons. The van der Waals surface area contributed by atoms with E-state index in [9.17, 15) is 5.11 Å². The fourth-order valence-electron chi connectivity index (χ4n) is 9.73. The van der Waals surface area contributed by atoms with Crippen molar-refractivity contribution in [1.29, 1.82) is 0 Å². The Bertz CT molecular complexity index is 2400. The number of phenols is 1. The minimum Gasteiger partial charge on any atom is -0.508 e. The van der Waals surface area contributed by atoms with Crippen LogP contribution in [0.4, 0.5) is 11.4 Å². The SMILES string of the molecule is Cc1sc2c(c1C)C(c1ccc(N3CC(CN4CCN(CC5CN(c6ccccc6)C5)CC4)C3)cc1)=NC(C)c1nnc(C)n1-2.Oc1ccc2c(c1)CCCC2.c1ccccc1. The third-order valence-corrected chi connectivity index (χ3v) is 14.6. The van der Waals surface area contributed by atoms with Gasteiger partial charge in [0.15, 0.2) is 5.82 Å². The second-order valence-corrected chi connectivity index (χ2v) is 19.1. The maximum absolute atomic E-state index is 9.19. The van der Waals surface area contributed by atoms with Gasteiger partial charge in [-0.2, -0.15) is 0 Å². The van der Waals surface area contributed by atoms with E-state index >= 15 is 0 Å². The lowest BCUT2D eigenvalue weighted by molar-refractivity contribution is 0.0961. The van der Waals surface area contributed by atoms with Crippen molar-refractivity contribution in [3.63, 3.8) is 0 Å². The summed E-state index contributed by atoms with van der Waals surface area (Å²) in [6.45, 7) is 20.6. The molecule has 9 nitrogen and oxygen atoms in total. The maximum Gasteiger partial charge on any atom is 0.162 e. The Labute approximate surface area is 372 Å². The largest absolute Gasteiger partial charge is 0.508 e. The van der Waals surface area contributed by atoms with E-state index in [0.29, 0.717) is 5.75 Å². The molecule has 0 spiro atoms. The summed E-state index contributed by atoms with van der Waals surface area (Å²) in [5, 5.41) is 19.3. The van der Waals surface area contributed by atoms with Crippen LogP contribution in [-0.4, -0.2) is 101 Å². The van der Waals surface area contributed by atoms with E-state index in [1.807, 2.05) is 66.8 Å². The first-order valence-corrected chi connectivity index (χ1v) is 23.6. The van der Waals surface area contributed by atoms with Crippen molar-refractivity contribution >= 4 is 28.4 Å². The van der Waals surface area contributed by atoms with Gasteiger partial charge >= 0.3 is 0 Å². The Morgan fingerprint density at radius 2 is 1.19 bits per heavy atom. The van der Waals surface area contributed by atoms with Crippen molar-refractivity contribution in [2.24, 2.45) is 16.8 Å². The van der Waals surface area contributed by atoms with Crippen LogP contribution in [-0.2, 0) is 12.8 Å². The van der Waals surface area contributed by atoms with Crippen LogP contribution < -0.4 is 9.80 Å². The van der Waals surface area contributed by atoms with Crippen LogP contribution in [0.5, 0.6) is 5.75 Å². The van der Waals surface area contributed by atoms with Crippen LogP contribution >= 0.6 is 11.3 Å². The fraction of sp³-hybridized carbons (Fsp3) is 0.404. The highest BCUT2D eigenvalue weighted by atomic mass is 32.1. The van der Waals surface area contributed by atoms with Gasteiger partial charge in [-0.1, -0.05) is 72.8 Å². The smallest absolute Gasteiger partial charge is 0.162 e. The molecule has 4 aliphatic heterocycles. The summed E-state index contributed by atoms with van der Waals surface area (Å²) in [6, 6.07) is 37.6. The topological polar surface area (TPSA) is 76.3 Å². The molecule has 1 aliphatic carbocycles. The van der Waals surface area contributed by atoms with Gasteiger partial charge < -0.3 is 24.7 Å². The van der Waals surface area contributed by atoms with Gasteiger partial charge in [0.2, 0.25) is 0 Å². The van der Waals surface area contributed by atoms with Crippen LogP contribution in [0.2, 0.25) is 0 Å². The van der Waals surface area contributed by atoms with Gasteiger partial charge in [0.25, 0.3) is 0 Å². The Balaban J connectivity index is 0.000000238. The van der Waals surface area contributed by atoms with Gasteiger partial charge in [0.1, 0.15) is 22.6 Å². The predicted octanol–water partition coefficient (Wildman–Crippen LogP) is 9.31. The molecule has 1 unspecified atom stereocenters. The van der Waals surface area contributed by atoms with Crippen molar-refractivity contribution in [2.75, 3.05) is 75.2 Å². The lowest BCUT2D eigenvalue weighted by Gasteiger charge is -2.46. The normalized spacial score (nSPS) is 19.0. The first-order chi connectivity index (χ1) is 30.3. The molecule has 322 valence electrons. The van der Waals surface area contributed by atoms with Crippen LogP contribution in [0, 0.1) is 32.6 Å². The molecule has 1 atom stereocenters. The van der Waals surface area contributed by atoms with Crippen LogP contribution in [0.25, 0.3) is 5.00 Å². The van der Waals surface area contributed by atoms with Crippen molar-refractivity contribution in [2.45, 2.75) is 59.4 Å². The van der Waals surface area contributed by atoms with Gasteiger partial charge in [0.05, 0.1) is 5.71 Å². The standard InChI is InChI=1S/C36H44N8S.C10H12O.C6H6/c1-24-26(3)45-36-33(24)34(37-25(2)35-39-38-27(4)44(35)36)30-10-12-32(13-11-30)43-22-29(23-43)19-41-16-14-40(15-17-41)18-28-20-42(21-28)31-8-6-5-7-9-31;11-10-6-5-8-3-1-2-4-9(8)7-10;1-2-4-6-5-3-1/h5-13,25,28-29H,14-23H2,1-4H3;5-7,11H,1-4H2;1-6H.